The van der Waals surface area contributed by atoms with Crippen molar-refractivity contribution in [2.24, 2.45) is 5.84 Å². The summed E-state index contributed by atoms with van der Waals surface area (Å²) in [6, 6.07) is 3.35. The average Bonchev–Trinajstić information content (AvgIpc) is 1.90. The molecule has 0 spiro atoms. The maximum absolute atomic E-state index is 5.31. The van der Waals surface area contributed by atoms with Gasteiger partial charge in [-0.1, -0.05) is 0 Å². The molecule has 0 aromatic carbocycles. The fourth-order valence-corrected chi connectivity index (χ4v) is 0.497. The van der Waals surface area contributed by atoms with Gasteiger partial charge in [-0.05, 0) is 12.1 Å². The van der Waals surface area contributed by atoms with Crippen LogP contribution in [0.15, 0.2) is 18.3 Å². The Bertz CT molecular complexity index is 175. The Balaban J connectivity index is 2.85. The van der Waals surface area contributed by atoms with E-state index < -0.39 is 0 Å². The average molecular weight is 145 g/mol. The molecule has 2 N–H and O–H groups in total. The fourth-order valence-electron chi connectivity index (χ4n) is 0.407. The molecule has 0 aliphatic rings. The normalized spacial score (nSPS) is 9.11. The van der Waals surface area contributed by atoms with Gasteiger partial charge in [0.05, 0.1) is 0 Å². The van der Waals surface area contributed by atoms with Crippen LogP contribution in [0.3, 0.4) is 0 Å². The first-order chi connectivity index (χ1) is 4.30. The molecular formula is C4H5ClN4. The lowest BCUT2D eigenvalue weighted by atomic mass is 10.5. The number of halogens is 1. The van der Waals surface area contributed by atoms with Crippen molar-refractivity contribution < 1.29 is 0 Å². The van der Waals surface area contributed by atoms with Crippen LogP contribution in [0.5, 0.6) is 0 Å². The van der Waals surface area contributed by atoms with Crippen molar-refractivity contribution in [1.82, 2.24) is 10.2 Å². The molecule has 1 rings (SSSR count). The van der Waals surface area contributed by atoms with Gasteiger partial charge in [-0.3, -0.25) is 0 Å². The van der Waals surface area contributed by atoms with E-state index in [1.165, 1.54) is 0 Å². The predicted molar refractivity (Wildman–Crippen MR) is 34.6 cm³/mol. The van der Waals surface area contributed by atoms with E-state index in [1.807, 2.05) is 0 Å². The van der Waals surface area contributed by atoms with Crippen molar-refractivity contribution in [3.8, 4) is 0 Å². The fraction of sp³-hybridized carbons (Fsp3) is 0. The minimum absolute atomic E-state index is 0.430. The molecule has 0 radical (unpaired) electrons. The van der Waals surface area contributed by atoms with Crippen LogP contribution >= 0.6 is 11.8 Å². The van der Waals surface area contributed by atoms with Crippen LogP contribution < -0.4 is 10.4 Å². The number of hydrogen-bond donors (Lipinski definition) is 1. The summed E-state index contributed by atoms with van der Waals surface area (Å²) in [6.45, 7) is 0. The number of nitrogens with zero attached hydrogens (tertiary/aromatic N) is 3. The van der Waals surface area contributed by atoms with E-state index in [4.69, 9.17) is 17.6 Å². The third-order valence-electron chi connectivity index (χ3n) is 0.777. The number of nitrogens with two attached hydrogens (primary N) is 1. The summed E-state index contributed by atoms with van der Waals surface area (Å²) in [4.78, 5) is 0. The predicted octanol–water partition coefficient (Wildman–Crippen LogP) is 0.310. The summed E-state index contributed by atoms with van der Waals surface area (Å²) < 4.78 is 0.882. The van der Waals surface area contributed by atoms with E-state index in [0.717, 1.165) is 4.53 Å². The van der Waals surface area contributed by atoms with Gasteiger partial charge in [-0.25, -0.2) is 5.84 Å². The molecule has 0 atom stereocenters. The van der Waals surface area contributed by atoms with Crippen molar-refractivity contribution in [1.29, 1.82) is 0 Å². The summed E-state index contributed by atoms with van der Waals surface area (Å²) in [6.07, 6.45) is 1.55. The molecule has 0 amide bonds. The Hall–Kier alpha value is -0.870. The summed E-state index contributed by atoms with van der Waals surface area (Å²) in [5, 5.41) is 7.15. The first-order valence-corrected chi connectivity index (χ1v) is 2.63. The van der Waals surface area contributed by atoms with E-state index in [9.17, 15) is 0 Å². The standard InChI is InChI=1S/C4H5ClN4/c5-9(6)4-2-1-3-7-8-4/h1-3H,6H2. The molecule has 4 nitrogen and oxygen atoms in total. The van der Waals surface area contributed by atoms with Crippen LogP contribution in [0.1, 0.15) is 0 Å². The minimum atomic E-state index is 0.430. The van der Waals surface area contributed by atoms with Gasteiger partial charge < -0.3 is 0 Å². The highest BCUT2D eigenvalue weighted by Gasteiger charge is 1.94. The van der Waals surface area contributed by atoms with Crippen molar-refractivity contribution in [2.75, 3.05) is 4.53 Å². The Morgan fingerprint density at radius 2 is 2.44 bits per heavy atom. The molecule has 0 aliphatic carbocycles. The van der Waals surface area contributed by atoms with Gasteiger partial charge in [0.25, 0.3) is 0 Å². The van der Waals surface area contributed by atoms with E-state index in [2.05, 4.69) is 10.2 Å². The minimum Gasteiger partial charge on any atom is -0.231 e. The van der Waals surface area contributed by atoms with Crippen molar-refractivity contribution in [2.45, 2.75) is 0 Å². The van der Waals surface area contributed by atoms with Crippen LogP contribution in [0.25, 0.3) is 0 Å². The topological polar surface area (TPSA) is 55.0 Å². The summed E-state index contributed by atoms with van der Waals surface area (Å²) >= 11 is 5.31. The van der Waals surface area contributed by atoms with E-state index in [-0.39, 0.29) is 0 Å². The molecule has 1 aromatic rings. The van der Waals surface area contributed by atoms with Crippen molar-refractivity contribution in [3.63, 3.8) is 0 Å². The molecule has 0 unspecified atom stereocenters. The Labute approximate surface area is 57.3 Å². The first kappa shape index (κ1) is 6.25. The van der Waals surface area contributed by atoms with E-state index in [0.29, 0.717) is 5.82 Å². The summed E-state index contributed by atoms with van der Waals surface area (Å²) in [5.41, 5.74) is 0. The van der Waals surface area contributed by atoms with Gasteiger partial charge in [-0.2, -0.15) is 9.63 Å². The Kier molecular flexibility index (Phi) is 1.81. The number of hydrogen-bond acceptors (Lipinski definition) is 4. The third-order valence-corrected chi connectivity index (χ3v) is 0.950. The van der Waals surface area contributed by atoms with Gasteiger partial charge in [0.1, 0.15) is 0 Å². The second-order valence-electron chi connectivity index (χ2n) is 1.39. The Morgan fingerprint density at radius 1 is 1.67 bits per heavy atom. The third kappa shape index (κ3) is 1.51. The zero-order valence-electron chi connectivity index (χ0n) is 4.53. The lowest BCUT2D eigenvalue weighted by Crippen LogP contribution is -2.19. The van der Waals surface area contributed by atoms with Gasteiger partial charge in [-0.15, -0.1) is 5.10 Å². The van der Waals surface area contributed by atoms with Crippen LogP contribution in [0, 0.1) is 0 Å². The second kappa shape index (κ2) is 2.61. The lowest BCUT2D eigenvalue weighted by Gasteiger charge is -2.03. The number of anilines is 1. The van der Waals surface area contributed by atoms with Crippen molar-refractivity contribution >= 4 is 17.6 Å². The van der Waals surface area contributed by atoms with Gasteiger partial charge in [0.15, 0.2) is 5.82 Å². The molecule has 0 bridgehead atoms. The highest BCUT2D eigenvalue weighted by molar-refractivity contribution is 6.24. The van der Waals surface area contributed by atoms with Gasteiger partial charge in [0.2, 0.25) is 0 Å². The first-order valence-electron chi connectivity index (χ1n) is 2.29. The zero-order valence-corrected chi connectivity index (χ0v) is 5.28. The lowest BCUT2D eigenvalue weighted by molar-refractivity contribution is 0.986. The molecule has 48 valence electrons. The molecule has 0 saturated carbocycles. The maximum atomic E-state index is 5.31. The van der Waals surface area contributed by atoms with Crippen LogP contribution in [-0.4, -0.2) is 10.2 Å². The molecule has 0 fully saturated rings. The maximum Gasteiger partial charge on any atom is 0.181 e. The SMILES string of the molecule is NN(Cl)c1cccnn1. The number of hydrazine groups is 1. The van der Waals surface area contributed by atoms with Gasteiger partial charge in [0, 0.05) is 18.0 Å². The number of rotatable bonds is 1. The molecule has 1 heterocycles. The van der Waals surface area contributed by atoms with Crippen LogP contribution in [-0.2, 0) is 0 Å². The number of aromatic nitrogens is 2. The molecule has 0 saturated heterocycles. The highest BCUT2D eigenvalue weighted by atomic mass is 35.5. The second-order valence-corrected chi connectivity index (χ2v) is 1.76. The molecule has 1 aromatic heterocycles. The smallest absolute Gasteiger partial charge is 0.181 e. The monoisotopic (exact) mass is 144 g/mol. The zero-order chi connectivity index (χ0) is 6.69. The molecule has 9 heavy (non-hydrogen) atoms. The molecular weight excluding hydrogens is 140 g/mol. The molecule has 0 aliphatic heterocycles. The van der Waals surface area contributed by atoms with E-state index in [1.54, 1.807) is 18.3 Å². The van der Waals surface area contributed by atoms with Crippen LogP contribution in [0.4, 0.5) is 5.82 Å². The molecule has 5 heteroatoms. The highest BCUT2D eigenvalue weighted by Crippen LogP contribution is 2.03. The quantitative estimate of drug-likeness (QED) is 0.350. The van der Waals surface area contributed by atoms with Crippen molar-refractivity contribution in [3.05, 3.63) is 18.3 Å². The van der Waals surface area contributed by atoms with Crippen LogP contribution in [0.2, 0.25) is 0 Å². The van der Waals surface area contributed by atoms with Gasteiger partial charge >= 0.3 is 0 Å². The largest absolute Gasteiger partial charge is 0.231 e. The summed E-state index contributed by atoms with van der Waals surface area (Å²) in [7, 11) is 0. The van der Waals surface area contributed by atoms with E-state index >= 15 is 0 Å². The summed E-state index contributed by atoms with van der Waals surface area (Å²) in [5.74, 6) is 5.54. The Morgan fingerprint density at radius 3 is 2.78 bits per heavy atom.